The molecule has 2 aromatic rings. The van der Waals surface area contributed by atoms with Crippen molar-refractivity contribution in [3.63, 3.8) is 0 Å². The second-order valence-electron chi connectivity index (χ2n) is 4.55. The van der Waals surface area contributed by atoms with Gasteiger partial charge in [0.25, 0.3) is 0 Å². The van der Waals surface area contributed by atoms with Crippen molar-refractivity contribution in [1.29, 1.82) is 0 Å². The van der Waals surface area contributed by atoms with Gasteiger partial charge in [-0.25, -0.2) is 0 Å². The molecule has 20 heavy (non-hydrogen) atoms. The summed E-state index contributed by atoms with van der Waals surface area (Å²) in [5, 5.41) is 9.92. The topological polar surface area (TPSA) is 91.8 Å². The number of rotatable bonds is 6. The molecule has 0 radical (unpaired) electrons. The van der Waals surface area contributed by atoms with Gasteiger partial charge < -0.3 is 15.0 Å². The normalized spacial score (nSPS) is 10.4. The highest BCUT2D eigenvalue weighted by molar-refractivity contribution is 5.37. The zero-order chi connectivity index (χ0) is 14.5. The molecular formula is C12H19N7O. The van der Waals surface area contributed by atoms with Gasteiger partial charge in [0.2, 0.25) is 17.8 Å². The molecule has 0 aliphatic heterocycles. The zero-order valence-corrected chi connectivity index (χ0v) is 12.1. The number of ether oxygens (including phenoxy) is 1. The SMILES string of the molecule is CCCNc1nc(Oc2cc(C)[nH]n2)nc(N(C)C)n1. The summed E-state index contributed by atoms with van der Waals surface area (Å²) in [5.74, 6) is 1.45. The van der Waals surface area contributed by atoms with Crippen molar-refractivity contribution >= 4 is 11.9 Å². The van der Waals surface area contributed by atoms with E-state index >= 15 is 0 Å². The third-order valence-corrected chi connectivity index (χ3v) is 2.41. The van der Waals surface area contributed by atoms with E-state index in [1.165, 1.54) is 0 Å². The fourth-order valence-corrected chi connectivity index (χ4v) is 1.45. The highest BCUT2D eigenvalue weighted by Crippen LogP contribution is 2.19. The molecule has 2 aromatic heterocycles. The van der Waals surface area contributed by atoms with Gasteiger partial charge in [-0.2, -0.15) is 15.0 Å². The second-order valence-corrected chi connectivity index (χ2v) is 4.55. The Morgan fingerprint density at radius 2 is 2.10 bits per heavy atom. The first kappa shape index (κ1) is 14.0. The quantitative estimate of drug-likeness (QED) is 0.828. The number of nitrogens with one attached hydrogen (secondary N) is 2. The van der Waals surface area contributed by atoms with Crippen molar-refractivity contribution < 1.29 is 4.74 Å². The van der Waals surface area contributed by atoms with E-state index < -0.39 is 0 Å². The summed E-state index contributed by atoms with van der Waals surface area (Å²) in [5.41, 5.74) is 0.909. The number of nitrogens with zero attached hydrogens (tertiary/aromatic N) is 5. The van der Waals surface area contributed by atoms with E-state index in [0.29, 0.717) is 17.8 Å². The minimum absolute atomic E-state index is 0.216. The molecule has 108 valence electrons. The first-order valence-electron chi connectivity index (χ1n) is 6.45. The van der Waals surface area contributed by atoms with Gasteiger partial charge in [-0.3, -0.25) is 5.10 Å². The fourth-order valence-electron chi connectivity index (χ4n) is 1.45. The largest absolute Gasteiger partial charge is 0.403 e. The van der Waals surface area contributed by atoms with Crippen LogP contribution in [0.4, 0.5) is 11.9 Å². The van der Waals surface area contributed by atoms with E-state index in [-0.39, 0.29) is 6.01 Å². The van der Waals surface area contributed by atoms with Crippen molar-refractivity contribution in [2.75, 3.05) is 30.9 Å². The molecule has 0 saturated carbocycles. The number of hydrogen-bond donors (Lipinski definition) is 2. The van der Waals surface area contributed by atoms with Gasteiger partial charge in [0.15, 0.2) is 0 Å². The smallest absolute Gasteiger partial charge is 0.330 e. The second kappa shape index (κ2) is 6.18. The lowest BCUT2D eigenvalue weighted by Crippen LogP contribution is -2.16. The third-order valence-electron chi connectivity index (χ3n) is 2.41. The molecule has 8 heteroatoms. The molecule has 2 heterocycles. The average molecular weight is 277 g/mol. The Kier molecular flexibility index (Phi) is 4.34. The zero-order valence-electron chi connectivity index (χ0n) is 12.1. The maximum atomic E-state index is 5.54. The van der Waals surface area contributed by atoms with Crippen LogP contribution in [0.25, 0.3) is 0 Å². The molecule has 0 spiro atoms. The van der Waals surface area contributed by atoms with E-state index in [2.05, 4.69) is 37.4 Å². The van der Waals surface area contributed by atoms with Gasteiger partial charge in [0.05, 0.1) is 0 Å². The van der Waals surface area contributed by atoms with Crippen LogP contribution in [0.5, 0.6) is 11.9 Å². The van der Waals surface area contributed by atoms with Crippen molar-refractivity contribution in [2.24, 2.45) is 0 Å². The number of hydrogen-bond acceptors (Lipinski definition) is 7. The molecule has 0 aliphatic carbocycles. The lowest BCUT2D eigenvalue weighted by atomic mass is 10.5. The van der Waals surface area contributed by atoms with Crippen molar-refractivity contribution in [2.45, 2.75) is 20.3 Å². The molecule has 2 rings (SSSR count). The van der Waals surface area contributed by atoms with Crippen molar-refractivity contribution in [1.82, 2.24) is 25.1 Å². The monoisotopic (exact) mass is 277 g/mol. The average Bonchev–Trinajstić information content (AvgIpc) is 2.81. The van der Waals surface area contributed by atoms with Gasteiger partial charge in [-0.1, -0.05) is 6.92 Å². The molecule has 0 aromatic carbocycles. The van der Waals surface area contributed by atoms with Crippen LogP contribution in [-0.2, 0) is 0 Å². The molecule has 0 saturated heterocycles. The predicted octanol–water partition coefficient (Wildman–Crippen LogP) is 1.58. The maximum absolute atomic E-state index is 5.54. The van der Waals surface area contributed by atoms with Crippen LogP contribution in [-0.4, -0.2) is 45.8 Å². The lowest BCUT2D eigenvalue weighted by molar-refractivity contribution is 0.423. The number of anilines is 2. The van der Waals surface area contributed by atoms with Crippen LogP contribution in [0.1, 0.15) is 19.0 Å². The van der Waals surface area contributed by atoms with E-state index in [1.807, 2.05) is 21.0 Å². The summed E-state index contributed by atoms with van der Waals surface area (Å²) in [6.07, 6.45) is 0.984. The summed E-state index contributed by atoms with van der Waals surface area (Å²) < 4.78 is 5.54. The molecule has 2 N–H and O–H groups in total. The van der Waals surface area contributed by atoms with E-state index in [9.17, 15) is 0 Å². The fraction of sp³-hybridized carbons (Fsp3) is 0.500. The summed E-state index contributed by atoms with van der Waals surface area (Å²) in [4.78, 5) is 14.5. The van der Waals surface area contributed by atoms with Crippen LogP contribution in [0, 0.1) is 6.92 Å². The van der Waals surface area contributed by atoms with Crippen LogP contribution in [0.3, 0.4) is 0 Å². The molecular weight excluding hydrogens is 258 g/mol. The molecule has 0 unspecified atom stereocenters. The molecule has 0 fully saturated rings. The van der Waals surface area contributed by atoms with Gasteiger partial charge >= 0.3 is 6.01 Å². The molecule has 0 atom stereocenters. The van der Waals surface area contributed by atoms with Crippen LogP contribution in [0.2, 0.25) is 0 Å². The van der Waals surface area contributed by atoms with Gasteiger partial charge in [0, 0.05) is 32.4 Å². The molecule has 0 aliphatic rings. The van der Waals surface area contributed by atoms with Gasteiger partial charge in [0.1, 0.15) is 0 Å². The molecule has 8 nitrogen and oxygen atoms in total. The minimum Gasteiger partial charge on any atom is -0.403 e. The maximum Gasteiger partial charge on any atom is 0.330 e. The summed E-state index contributed by atoms with van der Waals surface area (Å²) in [6, 6.07) is 1.99. The van der Waals surface area contributed by atoms with Gasteiger partial charge in [-0.15, -0.1) is 5.10 Å². The number of H-pyrrole nitrogens is 1. The van der Waals surface area contributed by atoms with Crippen LogP contribution in [0.15, 0.2) is 6.07 Å². The standard InChI is InChI=1S/C12H19N7O/c1-5-6-13-10-14-11(19(3)4)16-12(15-10)20-9-7-8(2)17-18-9/h7H,5-6H2,1-4H3,(H,17,18)(H,13,14,15,16). The number of aryl methyl sites for hydroxylation is 1. The summed E-state index contributed by atoms with van der Waals surface area (Å²) in [6.45, 7) is 4.76. The Hall–Kier alpha value is -2.38. The Labute approximate surface area is 117 Å². The van der Waals surface area contributed by atoms with Crippen molar-refractivity contribution in [3.05, 3.63) is 11.8 Å². The first-order chi connectivity index (χ1) is 9.58. The Morgan fingerprint density at radius 1 is 1.30 bits per heavy atom. The minimum atomic E-state index is 0.216. The Balaban J connectivity index is 2.23. The highest BCUT2D eigenvalue weighted by atomic mass is 16.5. The predicted molar refractivity (Wildman–Crippen MR) is 76.3 cm³/mol. The summed E-state index contributed by atoms with van der Waals surface area (Å²) in [7, 11) is 3.73. The van der Waals surface area contributed by atoms with Crippen LogP contribution < -0.4 is 15.0 Å². The van der Waals surface area contributed by atoms with E-state index in [4.69, 9.17) is 4.74 Å². The number of aromatic nitrogens is 5. The lowest BCUT2D eigenvalue weighted by Gasteiger charge is -2.12. The highest BCUT2D eigenvalue weighted by Gasteiger charge is 2.11. The van der Waals surface area contributed by atoms with Crippen molar-refractivity contribution in [3.8, 4) is 11.9 Å². The van der Waals surface area contributed by atoms with Crippen LogP contribution >= 0.6 is 0 Å². The Bertz CT molecular complexity index is 567. The summed E-state index contributed by atoms with van der Waals surface area (Å²) >= 11 is 0. The number of aromatic amines is 1. The first-order valence-corrected chi connectivity index (χ1v) is 6.45. The van der Waals surface area contributed by atoms with E-state index in [1.54, 1.807) is 11.0 Å². The van der Waals surface area contributed by atoms with E-state index in [0.717, 1.165) is 18.7 Å². The molecule has 0 amide bonds. The molecule has 0 bridgehead atoms. The Morgan fingerprint density at radius 3 is 2.70 bits per heavy atom. The third kappa shape index (κ3) is 3.56. The van der Waals surface area contributed by atoms with Gasteiger partial charge in [-0.05, 0) is 13.3 Å².